The van der Waals surface area contributed by atoms with Crippen LogP contribution in [-0.2, 0) is 4.79 Å². The molecular weight excluding hydrogens is 304 g/mol. The molecule has 4 rings (SSSR count). The van der Waals surface area contributed by atoms with E-state index in [0.717, 1.165) is 46.5 Å². The average Bonchev–Trinajstić information content (AvgIpc) is 3.35. The van der Waals surface area contributed by atoms with Crippen molar-refractivity contribution in [2.45, 2.75) is 19.8 Å². The minimum Gasteiger partial charge on any atom is -0.461 e. The van der Waals surface area contributed by atoms with Crippen molar-refractivity contribution in [3.05, 3.63) is 36.4 Å². The first-order chi connectivity index (χ1) is 11.7. The van der Waals surface area contributed by atoms with Crippen LogP contribution in [0, 0.1) is 12.8 Å². The first kappa shape index (κ1) is 14.7. The van der Waals surface area contributed by atoms with Crippen molar-refractivity contribution in [3.8, 4) is 11.3 Å². The number of hydrogen-bond acceptors (Lipinski definition) is 5. The Morgan fingerprint density at radius 3 is 2.71 bits per heavy atom. The van der Waals surface area contributed by atoms with Gasteiger partial charge in [-0.3, -0.25) is 4.79 Å². The molecule has 1 fully saturated rings. The second-order valence-corrected chi connectivity index (χ2v) is 6.06. The summed E-state index contributed by atoms with van der Waals surface area (Å²) in [5, 5.41) is 7.79. The highest BCUT2D eigenvalue weighted by molar-refractivity contribution is 6.03. The number of furan rings is 1. The number of carbonyl (C=O) groups is 1. The Balaban J connectivity index is 1.83. The van der Waals surface area contributed by atoms with Crippen LogP contribution in [0.3, 0.4) is 0 Å². The van der Waals surface area contributed by atoms with Crippen LogP contribution in [0.15, 0.2) is 35.0 Å². The number of anilines is 2. The van der Waals surface area contributed by atoms with Crippen molar-refractivity contribution < 1.29 is 9.21 Å². The van der Waals surface area contributed by atoms with Crippen LogP contribution < -0.4 is 10.6 Å². The van der Waals surface area contributed by atoms with Gasteiger partial charge in [0.15, 0.2) is 0 Å². The van der Waals surface area contributed by atoms with Gasteiger partial charge in [-0.15, -0.1) is 0 Å². The van der Waals surface area contributed by atoms with Gasteiger partial charge in [-0.25, -0.2) is 9.97 Å². The second kappa shape index (κ2) is 5.63. The fourth-order valence-electron chi connectivity index (χ4n) is 2.75. The molecule has 1 amide bonds. The van der Waals surface area contributed by atoms with E-state index in [1.807, 2.05) is 32.2 Å². The molecule has 6 heteroatoms. The highest BCUT2D eigenvalue weighted by Crippen LogP contribution is 2.34. The summed E-state index contributed by atoms with van der Waals surface area (Å²) in [7, 11) is 1.82. The van der Waals surface area contributed by atoms with E-state index in [9.17, 15) is 4.79 Å². The van der Waals surface area contributed by atoms with Crippen LogP contribution >= 0.6 is 0 Å². The lowest BCUT2D eigenvalue weighted by Gasteiger charge is -2.10. The van der Waals surface area contributed by atoms with Gasteiger partial charge in [0.25, 0.3) is 0 Å². The topological polar surface area (TPSA) is 80.0 Å². The fourth-order valence-corrected chi connectivity index (χ4v) is 2.75. The Labute approximate surface area is 139 Å². The lowest BCUT2D eigenvalue weighted by molar-refractivity contribution is -0.117. The lowest BCUT2D eigenvalue weighted by Crippen LogP contribution is -2.14. The molecule has 0 spiro atoms. The highest BCUT2D eigenvalue weighted by atomic mass is 16.3. The largest absolute Gasteiger partial charge is 0.461 e. The quantitative estimate of drug-likeness (QED) is 0.767. The van der Waals surface area contributed by atoms with Crippen molar-refractivity contribution in [2.75, 3.05) is 17.7 Å². The molecule has 0 aliphatic heterocycles. The summed E-state index contributed by atoms with van der Waals surface area (Å²) in [5.41, 5.74) is 0.876. The molecule has 6 nitrogen and oxygen atoms in total. The Morgan fingerprint density at radius 1 is 1.21 bits per heavy atom. The van der Waals surface area contributed by atoms with Crippen molar-refractivity contribution in [1.29, 1.82) is 0 Å². The predicted octanol–water partition coefficient (Wildman–Crippen LogP) is 3.59. The zero-order valence-electron chi connectivity index (χ0n) is 13.6. The minimum absolute atomic E-state index is 0.0418. The summed E-state index contributed by atoms with van der Waals surface area (Å²) in [6.07, 6.45) is 5.43. The Hall–Kier alpha value is -2.89. The summed E-state index contributed by atoms with van der Waals surface area (Å²) in [6, 6.07) is 5.73. The van der Waals surface area contributed by atoms with Crippen molar-refractivity contribution in [1.82, 2.24) is 9.97 Å². The smallest absolute Gasteiger partial charge is 0.228 e. The van der Waals surface area contributed by atoms with Gasteiger partial charge in [0.2, 0.25) is 5.91 Å². The van der Waals surface area contributed by atoms with Gasteiger partial charge >= 0.3 is 0 Å². The number of aromatic nitrogens is 2. The third kappa shape index (κ3) is 2.60. The molecule has 1 saturated carbocycles. The van der Waals surface area contributed by atoms with Crippen LogP contribution in [0.1, 0.15) is 18.6 Å². The summed E-state index contributed by atoms with van der Waals surface area (Å²) in [4.78, 5) is 20.8. The monoisotopic (exact) mass is 322 g/mol. The van der Waals surface area contributed by atoms with E-state index in [4.69, 9.17) is 4.42 Å². The maximum absolute atomic E-state index is 12.0. The SMILES string of the molecule is CNc1ncc(-c2ccc(C)o2)c2cc(NC(=O)C3CC3)ncc12. The van der Waals surface area contributed by atoms with E-state index in [2.05, 4.69) is 20.6 Å². The zero-order chi connectivity index (χ0) is 16.7. The Bertz CT molecular complexity index is 928. The molecule has 0 radical (unpaired) electrons. The van der Waals surface area contributed by atoms with Gasteiger partial charge < -0.3 is 15.1 Å². The van der Waals surface area contributed by atoms with Crippen molar-refractivity contribution in [2.24, 2.45) is 5.92 Å². The number of amides is 1. The van der Waals surface area contributed by atoms with Gasteiger partial charge in [0.05, 0.1) is 0 Å². The number of rotatable bonds is 4. The maximum atomic E-state index is 12.0. The second-order valence-electron chi connectivity index (χ2n) is 6.06. The van der Waals surface area contributed by atoms with Crippen molar-refractivity contribution >= 4 is 28.3 Å². The molecule has 2 N–H and O–H groups in total. The highest BCUT2D eigenvalue weighted by Gasteiger charge is 2.29. The molecule has 0 saturated heterocycles. The van der Waals surface area contributed by atoms with Gasteiger partial charge in [0.1, 0.15) is 23.2 Å². The molecule has 1 aliphatic rings. The number of nitrogens with one attached hydrogen (secondary N) is 2. The van der Waals surface area contributed by atoms with Gasteiger partial charge in [-0.2, -0.15) is 0 Å². The molecule has 3 heterocycles. The van der Waals surface area contributed by atoms with Gasteiger partial charge in [0, 0.05) is 41.7 Å². The van der Waals surface area contributed by atoms with E-state index in [-0.39, 0.29) is 11.8 Å². The molecule has 0 unspecified atom stereocenters. The third-order valence-electron chi connectivity index (χ3n) is 4.21. The standard InChI is InChI=1S/C18H18N4O2/c1-10-3-6-15(24-10)13-8-21-17(19-2)14-9-20-16(7-12(13)14)22-18(23)11-4-5-11/h3,6-9,11H,4-5H2,1-2H3,(H,19,21)(H,20,22,23). The number of carbonyl (C=O) groups excluding carboxylic acids is 1. The molecule has 1 aliphatic carbocycles. The summed E-state index contributed by atoms with van der Waals surface area (Å²) >= 11 is 0. The molecule has 24 heavy (non-hydrogen) atoms. The maximum Gasteiger partial charge on any atom is 0.228 e. The van der Waals surface area contributed by atoms with E-state index >= 15 is 0 Å². The van der Waals surface area contributed by atoms with Crippen LogP contribution in [-0.4, -0.2) is 22.9 Å². The fraction of sp³-hybridized carbons (Fsp3) is 0.278. The Morgan fingerprint density at radius 2 is 2.04 bits per heavy atom. The van der Waals surface area contributed by atoms with Gasteiger partial charge in [-0.1, -0.05) is 0 Å². The molecule has 122 valence electrons. The number of pyridine rings is 2. The van der Waals surface area contributed by atoms with Crippen LogP contribution in [0.5, 0.6) is 0 Å². The summed E-state index contributed by atoms with van der Waals surface area (Å²) in [5.74, 6) is 3.06. The lowest BCUT2D eigenvalue weighted by atomic mass is 10.1. The van der Waals surface area contributed by atoms with Crippen LogP contribution in [0.2, 0.25) is 0 Å². The van der Waals surface area contributed by atoms with Crippen LogP contribution in [0.25, 0.3) is 22.1 Å². The molecule has 3 aromatic rings. The molecule has 3 aromatic heterocycles. The Kier molecular flexibility index (Phi) is 3.45. The first-order valence-corrected chi connectivity index (χ1v) is 8.00. The number of aryl methyl sites for hydroxylation is 1. The number of hydrogen-bond donors (Lipinski definition) is 2. The molecule has 0 atom stereocenters. The van der Waals surface area contributed by atoms with Crippen molar-refractivity contribution in [3.63, 3.8) is 0 Å². The van der Waals surface area contributed by atoms with E-state index in [1.165, 1.54) is 0 Å². The number of fused-ring (bicyclic) bond motifs is 1. The molecular formula is C18H18N4O2. The molecule has 0 aromatic carbocycles. The minimum atomic E-state index is 0.0418. The van der Waals surface area contributed by atoms with E-state index < -0.39 is 0 Å². The number of nitrogens with zero attached hydrogens (tertiary/aromatic N) is 2. The third-order valence-corrected chi connectivity index (χ3v) is 4.21. The first-order valence-electron chi connectivity index (χ1n) is 8.00. The predicted molar refractivity (Wildman–Crippen MR) is 92.9 cm³/mol. The van der Waals surface area contributed by atoms with Crippen LogP contribution in [0.4, 0.5) is 11.6 Å². The average molecular weight is 322 g/mol. The zero-order valence-corrected chi connectivity index (χ0v) is 13.6. The molecule has 0 bridgehead atoms. The van der Waals surface area contributed by atoms with E-state index in [0.29, 0.717) is 5.82 Å². The van der Waals surface area contributed by atoms with E-state index in [1.54, 1.807) is 12.4 Å². The van der Waals surface area contributed by atoms with Gasteiger partial charge in [-0.05, 0) is 38.0 Å². The summed E-state index contributed by atoms with van der Waals surface area (Å²) in [6.45, 7) is 1.91. The normalized spacial score (nSPS) is 13.9. The summed E-state index contributed by atoms with van der Waals surface area (Å²) < 4.78 is 5.75.